The summed E-state index contributed by atoms with van der Waals surface area (Å²) < 4.78 is 40.9. The molecule has 0 fully saturated rings. The first kappa shape index (κ1) is 15.1. The molecule has 2 aromatic rings. The quantitative estimate of drug-likeness (QED) is 0.851. The Bertz CT molecular complexity index is 794. The number of fused-ring (bicyclic) bond motifs is 1. The Kier molecular flexibility index (Phi) is 3.59. The maximum atomic E-state index is 12.3. The van der Waals surface area contributed by atoms with Crippen LogP contribution in [0.1, 0.15) is 24.0 Å². The monoisotopic (exact) mass is 323 g/mol. The van der Waals surface area contributed by atoms with Gasteiger partial charge in [0, 0.05) is 17.7 Å². The number of nitrogens with one attached hydrogen (secondary N) is 2. The standard InChI is InChI=1S/C15H12F3N3O2/c1-2-13-19-7-8(20-13)5-11-10-6-9(23-15(16,17)18)3-4-12(10)21-14(11)22/h3-7H,2H2,1H3,(H,19,20)(H,21,22). The van der Waals surface area contributed by atoms with E-state index in [4.69, 9.17) is 0 Å². The molecule has 0 saturated heterocycles. The van der Waals surface area contributed by atoms with Crippen molar-refractivity contribution >= 4 is 23.2 Å². The number of anilines is 1. The smallest absolute Gasteiger partial charge is 0.406 e. The summed E-state index contributed by atoms with van der Waals surface area (Å²) in [6.07, 6.45) is -0.971. The van der Waals surface area contributed by atoms with Gasteiger partial charge in [-0.2, -0.15) is 0 Å². The van der Waals surface area contributed by atoms with Crippen LogP contribution >= 0.6 is 0 Å². The number of aromatic nitrogens is 2. The van der Waals surface area contributed by atoms with Crippen molar-refractivity contribution in [2.24, 2.45) is 0 Å². The van der Waals surface area contributed by atoms with Gasteiger partial charge >= 0.3 is 6.36 Å². The Labute approximate surface area is 129 Å². The van der Waals surface area contributed by atoms with Crippen molar-refractivity contribution in [3.63, 3.8) is 0 Å². The molecule has 8 heteroatoms. The number of rotatable bonds is 3. The molecule has 0 unspecified atom stereocenters. The van der Waals surface area contributed by atoms with Crippen molar-refractivity contribution in [1.82, 2.24) is 9.97 Å². The lowest BCUT2D eigenvalue weighted by Crippen LogP contribution is -2.17. The van der Waals surface area contributed by atoms with Gasteiger partial charge in [-0.05, 0) is 24.3 Å². The van der Waals surface area contributed by atoms with E-state index in [0.717, 1.165) is 11.9 Å². The number of amides is 1. The van der Waals surface area contributed by atoms with Crippen LogP contribution in [-0.4, -0.2) is 22.2 Å². The second-order valence-electron chi connectivity index (χ2n) is 4.91. The normalized spacial score (nSPS) is 15.7. The molecule has 5 nitrogen and oxygen atoms in total. The Morgan fingerprint density at radius 3 is 2.78 bits per heavy atom. The molecule has 1 amide bonds. The number of benzene rings is 1. The number of nitrogens with zero attached hydrogens (tertiary/aromatic N) is 1. The number of alkyl halides is 3. The summed E-state index contributed by atoms with van der Waals surface area (Å²) in [5, 5.41) is 2.60. The maximum Gasteiger partial charge on any atom is 0.573 e. The first-order chi connectivity index (χ1) is 10.9. The molecule has 120 valence electrons. The highest BCUT2D eigenvalue weighted by Crippen LogP contribution is 2.36. The predicted molar refractivity (Wildman–Crippen MR) is 77.6 cm³/mol. The number of aryl methyl sites for hydroxylation is 1. The van der Waals surface area contributed by atoms with E-state index in [9.17, 15) is 18.0 Å². The summed E-state index contributed by atoms with van der Waals surface area (Å²) in [5.41, 5.74) is 1.64. The Morgan fingerprint density at radius 1 is 1.35 bits per heavy atom. The van der Waals surface area contributed by atoms with Crippen LogP contribution in [0.15, 0.2) is 24.4 Å². The molecule has 1 aromatic carbocycles. The molecule has 1 aromatic heterocycles. The molecule has 0 saturated carbocycles. The van der Waals surface area contributed by atoms with Crippen molar-refractivity contribution in [3.8, 4) is 5.75 Å². The van der Waals surface area contributed by atoms with Crippen LogP contribution in [0.25, 0.3) is 11.6 Å². The van der Waals surface area contributed by atoms with E-state index in [2.05, 4.69) is 20.0 Å². The van der Waals surface area contributed by atoms with Gasteiger partial charge in [-0.3, -0.25) is 4.79 Å². The fourth-order valence-electron chi connectivity index (χ4n) is 2.29. The second-order valence-corrected chi connectivity index (χ2v) is 4.91. The number of H-pyrrole nitrogens is 1. The van der Waals surface area contributed by atoms with Crippen molar-refractivity contribution in [1.29, 1.82) is 0 Å². The minimum absolute atomic E-state index is 0.249. The lowest BCUT2D eigenvalue weighted by Gasteiger charge is -2.09. The molecule has 0 bridgehead atoms. The van der Waals surface area contributed by atoms with Gasteiger partial charge in [-0.15, -0.1) is 13.2 Å². The van der Waals surface area contributed by atoms with E-state index in [1.807, 2.05) is 6.92 Å². The zero-order valence-electron chi connectivity index (χ0n) is 12.0. The zero-order chi connectivity index (χ0) is 16.6. The lowest BCUT2D eigenvalue weighted by atomic mass is 10.1. The SMILES string of the molecule is CCc1ncc(C=C2C(=O)Nc3ccc(OC(F)(F)F)cc32)[nH]1. The zero-order valence-corrected chi connectivity index (χ0v) is 12.0. The molecule has 0 atom stereocenters. The molecular weight excluding hydrogens is 311 g/mol. The summed E-state index contributed by atoms with van der Waals surface area (Å²) in [7, 11) is 0. The van der Waals surface area contributed by atoms with E-state index in [-0.39, 0.29) is 11.3 Å². The Balaban J connectivity index is 1.98. The number of carbonyl (C=O) groups excluding carboxylic acids is 1. The van der Waals surface area contributed by atoms with Gasteiger partial charge in [0.05, 0.1) is 17.5 Å². The van der Waals surface area contributed by atoms with E-state index in [0.29, 0.717) is 23.4 Å². The molecule has 2 heterocycles. The topological polar surface area (TPSA) is 67.0 Å². The van der Waals surface area contributed by atoms with Gasteiger partial charge in [-0.25, -0.2) is 4.98 Å². The largest absolute Gasteiger partial charge is 0.573 e. The third-order valence-corrected chi connectivity index (χ3v) is 3.29. The van der Waals surface area contributed by atoms with Gasteiger partial charge in [0.25, 0.3) is 5.91 Å². The summed E-state index contributed by atoms with van der Waals surface area (Å²) in [4.78, 5) is 19.2. The molecule has 1 aliphatic heterocycles. The molecular formula is C15H12F3N3O2. The highest BCUT2D eigenvalue weighted by molar-refractivity contribution is 6.34. The number of hydrogen-bond donors (Lipinski definition) is 2. The van der Waals surface area contributed by atoms with Gasteiger partial charge in [0.15, 0.2) is 0 Å². The number of hydrogen-bond acceptors (Lipinski definition) is 3. The maximum absolute atomic E-state index is 12.3. The number of halogens is 3. The number of carbonyl (C=O) groups is 1. The van der Waals surface area contributed by atoms with Gasteiger partial charge in [-0.1, -0.05) is 6.92 Å². The highest BCUT2D eigenvalue weighted by Gasteiger charge is 2.32. The van der Waals surface area contributed by atoms with E-state index < -0.39 is 12.3 Å². The van der Waals surface area contributed by atoms with Crippen LogP contribution in [0.4, 0.5) is 18.9 Å². The van der Waals surface area contributed by atoms with Crippen LogP contribution in [0.2, 0.25) is 0 Å². The summed E-state index contributed by atoms with van der Waals surface area (Å²) >= 11 is 0. The van der Waals surface area contributed by atoms with Crippen molar-refractivity contribution < 1.29 is 22.7 Å². The Morgan fingerprint density at radius 2 is 2.13 bits per heavy atom. The first-order valence-corrected chi connectivity index (χ1v) is 6.83. The van der Waals surface area contributed by atoms with Crippen molar-refractivity contribution in [2.75, 3.05) is 5.32 Å². The molecule has 0 spiro atoms. The first-order valence-electron chi connectivity index (χ1n) is 6.83. The van der Waals surface area contributed by atoms with Crippen LogP contribution < -0.4 is 10.1 Å². The van der Waals surface area contributed by atoms with Crippen molar-refractivity contribution in [3.05, 3.63) is 41.5 Å². The number of aromatic amines is 1. The van der Waals surface area contributed by atoms with Gasteiger partial charge in [0.1, 0.15) is 11.6 Å². The van der Waals surface area contributed by atoms with E-state index >= 15 is 0 Å². The third kappa shape index (κ3) is 3.20. The molecule has 23 heavy (non-hydrogen) atoms. The van der Waals surface area contributed by atoms with E-state index in [1.54, 1.807) is 12.3 Å². The second kappa shape index (κ2) is 5.45. The van der Waals surface area contributed by atoms with Crippen molar-refractivity contribution in [2.45, 2.75) is 19.7 Å². The van der Waals surface area contributed by atoms with Crippen LogP contribution in [-0.2, 0) is 11.2 Å². The lowest BCUT2D eigenvalue weighted by molar-refractivity contribution is -0.274. The van der Waals surface area contributed by atoms with Crippen LogP contribution in [0, 0.1) is 0 Å². The average molecular weight is 323 g/mol. The minimum atomic E-state index is -4.78. The number of imidazole rings is 1. The average Bonchev–Trinajstić information content (AvgIpc) is 3.03. The molecule has 2 N–H and O–H groups in total. The highest BCUT2D eigenvalue weighted by atomic mass is 19.4. The van der Waals surface area contributed by atoms with E-state index in [1.165, 1.54) is 12.1 Å². The Hall–Kier alpha value is -2.77. The minimum Gasteiger partial charge on any atom is -0.406 e. The summed E-state index contributed by atoms with van der Waals surface area (Å²) in [6, 6.07) is 3.71. The summed E-state index contributed by atoms with van der Waals surface area (Å²) in [5.74, 6) is -0.0149. The van der Waals surface area contributed by atoms with Gasteiger partial charge in [0.2, 0.25) is 0 Å². The molecule has 1 aliphatic rings. The summed E-state index contributed by atoms with van der Waals surface area (Å²) in [6.45, 7) is 1.92. The fraction of sp³-hybridized carbons (Fsp3) is 0.200. The third-order valence-electron chi connectivity index (χ3n) is 3.29. The van der Waals surface area contributed by atoms with Gasteiger partial charge < -0.3 is 15.0 Å². The van der Waals surface area contributed by atoms with Crippen LogP contribution in [0.5, 0.6) is 5.75 Å². The van der Waals surface area contributed by atoms with Crippen LogP contribution in [0.3, 0.4) is 0 Å². The fourth-order valence-corrected chi connectivity index (χ4v) is 2.29. The molecule has 0 aliphatic carbocycles. The predicted octanol–water partition coefficient (Wildman–Crippen LogP) is 3.36. The molecule has 0 radical (unpaired) electrons. The molecule has 3 rings (SSSR count). The number of ether oxygens (including phenoxy) is 1.